The zero-order chi connectivity index (χ0) is 40.9. The molecular weight excluding hydrogens is 749 g/mol. The third-order valence-corrected chi connectivity index (χ3v) is 26.2. The molecule has 3 aromatic heterocycles. The summed E-state index contributed by atoms with van der Waals surface area (Å²) < 4.78 is 37.5. The van der Waals surface area contributed by atoms with Crippen LogP contribution in [0.1, 0.15) is 112 Å². The van der Waals surface area contributed by atoms with E-state index in [0.29, 0.717) is 23.6 Å². The molecule has 4 atom stereocenters. The predicted octanol–water partition coefficient (Wildman–Crippen LogP) is 8.64. The number of carbonyl (C=O) groups excluding carboxylic acids is 1. The molecule has 2 aliphatic rings. The monoisotopic (exact) mass is 816 g/mol. The number of esters is 1. The second-order valence-corrected chi connectivity index (χ2v) is 34.2. The fraction of sp³-hybridized carbons (Fsp3) is 0.789. The van der Waals surface area contributed by atoms with Crippen molar-refractivity contribution in [2.45, 2.75) is 180 Å². The first-order chi connectivity index (χ1) is 25.3. The van der Waals surface area contributed by atoms with Crippen LogP contribution in [0.2, 0.25) is 54.4 Å². The first-order valence-corrected chi connectivity index (χ1v) is 28.7. The van der Waals surface area contributed by atoms with E-state index in [9.17, 15) is 4.79 Å². The van der Waals surface area contributed by atoms with E-state index in [-0.39, 0.29) is 39.4 Å². The van der Waals surface area contributed by atoms with Gasteiger partial charge in [0.15, 0.2) is 53.9 Å². The molecule has 14 nitrogen and oxygen atoms in total. The topological polar surface area (TPSA) is 150 Å². The Morgan fingerprint density at radius 1 is 0.873 bits per heavy atom. The molecule has 1 saturated heterocycles. The maximum atomic E-state index is 12.5. The largest absolute Gasteiger partial charge is 0.461 e. The molecule has 2 fully saturated rings. The van der Waals surface area contributed by atoms with Gasteiger partial charge in [0.2, 0.25) is 0 Å². The number of rotatable bonds is 13. The van der Waals surface area contributed by atoms with Gasteiger partial charge in [0.1, 0.15) is 18.3 Å². The van der Waals surface area contributed by atoms with Crippen molar-refractivity contribution in [2.75, 3.05) is 18.5 Å². The van der Waals surface area contributed by atoms with Crippen molar-refractivity contribution in [2.24, 2.45) is 0 Å². The molecular formula is C38H68N8O6Si3. The van der Waals surface area contributed by atoms with Gasteiger partial charge in [0.05, 0.1) is 25.7 Å². The molecule has 0 bridgehead atoms. The minimum atomic E-state index is -2.41. The van der Waals surface area contributed by atoms with Crippen LogP contribution in [0.3, 0.4) is 0 Å². The Kier molecular flexibility index (Phi) is 12.4. The summed E-state index contributed by atoms with van der Waals surface area (Å²) in [5.41, 5.74) is 1.23. The van der Waals surface area contributed by atoms with Crippen LogP contribution in [0, 0.1) is 0 Å². The summed E-state index contributed by atoms with van der Waals surface area (Å²) in [5.74, 6) is 0.267. The van der Waals surface area contributed by atoms with E-state index in [1.54, 1.807) is 13.3 Å². The van der Waals surface area contributed by atoms with Gasteiger partial charge in [-0.2, -0.15) is 14.6 Å². The Morgan fingerprint density at radius 2 is 1.45 bits per heavy atom. The molecule has 1 aliphatic heterocycles. The van der Waals surface area contributed by atoms with Crippen LogP contribution in [0.4, 0.5) is 5.82 Å². The molecule has 1 aliphatic carbocycles. The van der Waals surface area contributed by atoms with E-state index >= 15 is 0 Å². The van der Waals surface area contributed by atoms with Crippen LogP contribution in [-0.2, 0) is 22.8 Å². The molecule has 0 aromatic carbocycles. The number of hydrogen-bond donors (Lipinski definition) is 1. The van der Waals surface area contributed by atoms with Gasteiger partial charge in [-0.15, -0.1) is 5.10 Å². The Bertz CT molecular complexity index is 1800. The van der Waals surface area contributed by atoms with Crippen LogP contribution in [-0.4, -0.2) is 103 Å². The van der Waals surface area contributed by atoms with Gasteiger partial charge in [-0.3, -0.25) is 4.57 Å². The van der Waals surface area contributed by atoms with Gasteiger partial charge >= 0.3 is 5.97 Å². The number of carbonyl (C=O) groups is 1. The average Bonchev–Trinajstić information content (AvgIpc) is 3.86. The lowest BCUT2D eigenvalue weighted by Gasteiger charge is -2.44. The Morgan fingerprint density at radius 3 is 2.02 bits per heavy atom. The van der Waals surface area contributed by atoms with Crippen LogP contribution >= 0.6 is 0 Å². The van der Waals surface area contributed by atoms with Crippen molar-refractivity contribution in [3.8, 4) is 5.95 Å². The fourth-order valence-corrected chi connectivity index (χ4v) is 9.71. The molecule has 0 radical (unpaired) electrons. The van der Waals surface area contributed by atoms with Crippen LogP contribution in [0.5, 0.6) is 0 Å². The number of nitrogens with one attached hydrogen (secondary N) is 1. The number of hydrogen-bond acceptors (Lipinski definition) is 12. The third kappa shape index (κ3) is 9.28. The van der Waals surface area contributed by atoms with Crippen molar-refractivity contribution in [1.82, 2.24) is 34.5 Å². The second-order valence-electron chi connectivity index (χ2n) is 19.9. The standard InChI is InChI=1S/C38H68N8O6Si3/c1-17-48-34(47)26-22-46(44-43-26)35-41-31(40-25-20-18-19-21-25)28-32(42-35)45(24-39-28)33-30(52-55(15,16)38(8,9)10)29(51-54(13,14)37(5,6)7)27(50-33)23-49-53(11,12)36(2,3)4/h22,24-25,27,29-30,33H,17-21,23H2,1-16H3,(H,40,41,42). The molecule has 1 N–H and O–H groups in total. The molecule has 5 rings (SSSR count). The fourth-order valence-electron chi connectivity index (χ4n) is 6.09. The summed E-state index contributed by atoms with van der Waals surface area (Å²) >= 11 is 0. The molecule has 0 amide bonds. The molecule has 4 unspecified atom stereocenters. The molecule has 308 valence electrons. The van der Waals surface area contributed by atoms with E-state index in [1.165, 1.54) is 10.9 Å². The first-order valence-electron chi connectivity index (χ1n) is 20.0. The van der Waals surface area contributed by atoms with E-state index < -0.39 is 55.5 Å². The summed E-state index contributed by atoms with van der Waals surface area (Å²) in [5, 5.41) is 11.8. The van der Waals surface area contributed by atoms with Gasteiger partial charge in [-0.25, -0.2) is 9.78 Å². The number of ether oxygens (including phenoxy) is 2. The average molecular weight is 817 g/mol. The van der Waals surface area contributed by atoms with Crippen LogP contribution in [0.25, 0.3) is 17.1 Å². The minimum absolute atomic E-state index is 0.0168. The van der Waals surface area contributed by atoms with E-state index in [2.05, 4.69) is 117 Å². The Balaban J connectivity index is 1.68. The first kappa shape index (κ1) is 43.6. The molecule has 4 heterocycles. The quantitative estimate of drug-likeness (QED) is 0.130. The SMILES string of the molecule is CCOC(=O)c1cn(-c2nc(NC3CCCC3)c3ncn(C4OC(CO[Si](C)(C)C(C)(C)C)C(O[Si](C)(C)C(C)(C)C)C4O[Si](C)(C)C(C)(C)C)c3n2)nn1. The number of anilines is 1. The van der Waals surface area contributed by atoms with E-state index in [1.807, 2.05) is 4.57 Å². The number of nitrogens with zero attached hydrogens (tertiary/aromatic N) is 7. The number of fused-ring (bicyclic) bond motifs is 1. The summed E-state index contributed by atoms with van der Waals surface area (Å²) in [6.45, 7) is 36.3. The zero-order valence-electron chi connectivity index (χ0n) is 36.4. The molecule has 17 heteroatoms. The van der Waals surface area contributed by atoms with Gasteiger partial charge in [-0.05, 0) is 74.2 Å². The van der Waals surface area contributed by atoms with Gasteiger partial charge < -0.3 is 28.1 Å². The minimum Gasteiger partial charge on any atom is -0.461 e. The molecule has 55 heavy (non-hydrogen) atoms. The van der Waals surface area contributed by atoms with Gasteiger partial charge in [0, 0.05) is 6.04 Å². The van der Waals surface area contributed by atoms with Gasteiger partial charge in [-0.1, -0.05) is 80.4 Å². The molecule has 1 saturated carbocycles. The van der Waals surface area contributed by atoms with Crippen LogP contribution < -0.4 is 5.32 Å². The maximum absolute atomic E-state index is 12.5. The highest BCUT2D eigenvalue weighted by Gasteiger charge is 2.55. The highest BCUT2D eigenvalue weighted by Crippen LogP contribution is 2.47. The van der Waals surface area contributed by atoms with E-state index in [0.717, 1.165) is 25.7 Å². The van der Waals surface area contributed by atoms with Crippen molar-refractivity contribution in [1.29, 1.82) is 0 Å². The second kappa shape index (κ2) is 15.7. The molecule has 0 spiro atoms. The summed E-state index contributed by atoms with van der Waals surface area (Å²) in [4.78, 5) is 27.4. The summed E-state index contributed by atoms with van der Waals surface area (Å²) in [6.07, 6.45) is 5.67. The predicted molar refractivity (Wildman–Crippen MR) is 223 cm³/mol. The van der Waals surface area contributed by atoms with Crippen molar-refractivity contribution >= 4 is 47.9 Å². The summed E-state index contributed by atoms with van der Waals surface area (Å²) in [7, 11) is -6.93. The van der Waals surface area contributed by atoms with Crippen molar-refractivity contribution < 1.29 is 27.5 Å². The van der Waals surface area contributed by atoms with E-state index in [4.69, 9.17) is 37.7 Å². The normalized spacial score (nSPS) is 22.2. The lowest BCUT2D eigenvalue weighted by Crippen LogP contribution is -2.54. The van der Waals surface area contributed by atoms with Crippen molar-refractivity contribution in [3.63, 3.8) is 0 Å². The number of imidazole rings is 1. The van der Waals surface area contributed by atoms with Crippen LogP contribution in [0.15, 0.2) is 12.5 Å². The Hall–Kier alpha value is -2.55. The highest BCUT2D eigenvalue weighted by molar-refractivity contribution is 6.75. The third-order valence-electron chi connectivity index (χ3n) is 12.7. The molecule has 3 aromatic rings. The number of aromatic nitrogens is 7. The maximum Gasteiger partial charge on any atom is 0.360 e. The highest BCUT2D eigenvalue weighted by atomic mass is 28.4. The lowest BCUT2D eigenvalue weighted by atomic mass is 10.1. The Labute approximate surface area is 331 Å². The smallest absolute Gasteiger partial charge is 0.360 e. The zero-order valence-corrected chi connectivity index (χ0v) is 39.4. The van der Waals surface area contributed by atoms with Gasteiger partial charge in [0.25, 0.3) is 5.95 Å². The lowest BCUT2D eigenvalue weighted by molar-refractivity contribution is -0.0470. The van der Waals surface area contributed by atoms with Crippen molar-refractivity contribution in [3.05, 3.63) is 18.2 Å². The summed E-state index contributed by atoms with van der Waals surface area (Å²) in [6, 6.07) is 0.249.